The molecule has 0 fully saturated rings. The van der Waals surface area contributed by atoms with Crippen LogP contribution in [-0.4, -0.2) is 19.7 Å². The minimum absolute atomic E-state index is 0.123. The molecule has 0 amide bonds. The lowest BCUT2D eigenvalue weighted by molar-refractivity contribution is -0.423. The van der Waals surface area contributed by atoms with Crippen LogP contribution in [0.3, 0.4) is 0 Å². The molecule has 0 N–H and O–H groups in total. The molecule has 13 nitrogen and oxygen atoms in total. The molecular weight excluding hydrogens is 356 g/mol. The Hall–Kier alpha value is -4.16. The molecule has 0 radical (unpaired) electrons. The lowest BCUT2D eigenvalue weighted by Crippen LogP contribution is -2.03. The first-order valence-corrected chi connectivity index (χ1v) is 6.76. The van der Waals surface area contributed by atoms with Gasteiger partial charge in [-0.15, -0.1) is 0 Å². The van der Waals surface area contributed by atoms with Gasteiger partial charge in [0.1, 0.15) is 10.9 Å². The minimum atomic E-state index is -1.12. The molecule has 3 aromatic rings. The Bertz CT molecular complexity index is 1160. The number of nitro benzene ring substituents is 4. The first kappa shape index (κ1) is 16.7. The monoisotopic (exact) mass is 362 g/mol. The predicted octanol–water partition coefficient (Wildman–Crippen LogP) is 3.53. The van der Waals surface area contributed by atoms with Crippen LogP contribution >= 0.6 is 0 Å². The summed E-state index contributed by atoms with van der Waals surface area (Å²) in [5.41, 5.74) is -5.32. The van der Waals surface area contributed by atoms with Crippen LogP contribution in [0, 0.1) is 47.4 Å². The number of benzene rings is 2. The van der Waals surface area contributed by atoms with E-state index in [4.69, 9.17) is 4.42 Å². The van der Waals surface area contributed by atoms with Crippen LogP contribution in [0.25, 0.3) is 21.9 Å². The van der Waals surface area contributed by atoms with Gasteiger partial charge in [0.05, 0.1) is 19.7 Å². The third kappa shape index (κ3) is 2.10. The average Bonchev–Trinajstić information content (AvgIpc) is 2.91. The third-order valence-corrected chi connectivity index (χ3v) is 3.83. The molecule has 0 aliphatic carbocycles. The number of fused-ring (bicyclic) bond motifs is 3. The van der Waals surface area contributed by atoms with E-state index < -0.39 is 64.6 Å². The van der Waals surface area contributed by atoms with Crippen LogP contribution in [0.4, 0.5) is 22.7 Å². The van der Waals surface area contributed by atoms with E-state index >= 15 is 0 Å². The Balaban J connectivity index is 2.73. The molecule has 0 saturated heterocycles. The Morgan fingerprint density at radius 1 is 0.769 bits per heavy atom. The number of nitro groups is 4. The van der Waals surface area contributed by atoms with Gasteiger partial charge in [-0.25, -0.2) is 0 Å². The molecule has 1 heterocycles. The van der Waals surface area contributed by atoms with Crippen molar-refractivity contribution in [2.75, 3.05) is 0 Å². The highest BCUT2D eigenvalue weighted by Gasteiger charge is 2.41. The van der Waals surface area contributed by atoms with E-state index in [2.05, 4.69) is 0 Å². The number of non-ortho nitro benzene ring substituents is 1. The van der Waals surface area contributed by atoms with Gasteiger partial charge in [0.15, 0.2) is 0 Å². The van der Waals surface area contributed by atoms with Crippen LogP contribution in [0.1, 0.15) is 5.56 Å². The van der Waals surface area contributed by atoms with Gasteiger partial charge >= 0.3 is 17.1 Å². The lowest BCUT2D eigenvalue weighted by Gasteiger charge is -2.02. The van der Waals surface area contributed by atoms with E-state index in [0.717, 1.165) is 13.0 Å². The van der Waals surface area contributed by atoms with Gasteiger partial charge in [0.25, 0.3) is 5.69 Å². The number of hydrogen-bond donors (Lipinski definition) is 0. The molecule has 0 bridgehead atoms. The smallest absolute Gasteiger partial charge is 0.389 e. The molecule has 13 heteroatoms. The molecular formula is C13H6N4O9. The largest absolute Gasteiger partial charge is 0.441 e. The molecule has 26 heavy (non-hydrogen) atoms. The normalized spacial score (nSPS) is 11.0. The molecule has 0 spiro atoms. The predicted molar refractivity (Wildman–Crippen MR) is 85.1 cm³/mol. The summed E-state index contributed by atoms with van der Waals surface area (Å²) < 4.78 is 5.18. The first-order chi connectivity index (χ1) is 12.2. The SMILES string of the molecule is Cc1c([N+](=O)[O-])c([N+](=O)[O-])c2oc3c([N+](=O)[O-])cccc3c2c1[N+](=O)[O-]. The Morgan fingerprint density at radius 2 is 1.35 bits per heavy atom. The zero-order valence-electron chi connectivity index (χ0n) is 12.7. The van der Waals surface area contributed by atoms with Crippen molar-refractivity contribution in [2.24, 2.45) is 0 Å². The van der Waals surface area contributed by atoms with Crippen molar-refractivity contribution < 1.29 is 24.1 Å². The molecule has 1 aromatic heterocycles. The molecule has 0 aliphatic rings. The summed E-state index contributed by atoms with van der Waals surface area (Å²) in [5, 5.41) is 44.8. The van der Waals surface area contributed by atoms with E-state index in [0.29, 0.717) is 0 Å². The second kappa shape index (κ2) is 5.44. The second-order valence-electron chi connectivity index (χ2n) is 5.16. The fourth-order valence-electron chi connectivity index (χ4n) is 2.86. The summed E-state index contributed by atoms with van der Waals surface area (Å²) in [6.07, 6.45) is 0. The summed E-state index contributed by atoms with van der Waals surface area (Å²) in [6, 6.07) is 3.52. The number of hydrogen-bond acceptors (Lipinski definition) is 9. The van der Waals surface area contributed by atoms with Crippen molar-refractivity contribution in [1.29, 1.82) is 0 Å². The van der Waals surface area contributed by atoms with Crippen molar-refractivity contribution in [3.63, 3.8) is 0 Å². The quantitative estimate of drug-likeness (QED) is 0.494. The fourth-order valence-corrected chi connectivity index (χ4v) is 2.86. The van der Waals surface area contributed by atoms with Crippen molar-refractivity contribution in [3.8, 4) is 0 Å². The van der Waals surface area contributed by atoms with Crippen LogP contribution < -0.4 is 0 Å². The van der Waals surface area contributed by atoms with Gasteiger partial charge < -0.3 is 4.42 Å². The van der Waals surface area contributed by atoms with Gasteiger partial charge in [0, 0.05) is 11.5 Å². The number of nitrogens with zero attached hydrogens (tertiary/aromatic N) is 4. The average molecular weight is 362 g/mol. The maximum Gasteiger partial charge on any atom is 0.389 e. The molecule has 0 unspecified atom stereocenters. The van der Waals surface area contributed by atoms with Gasteiger partial charge in [0.2, 0.25) is 11.2 Å². The van der Waals surface area contributed by atoms with Crippen LogP contribution in [0.5, 0.6) is 0 Å². The lowest BCUT2D eigenvalue weighted by atomic mass is 10.0. The third-order valence-electron chi connectivity index (χ3n) is 3.83. The summed E-state index contributed by atoms with van der Waals surface area (Å²) in [4.78, 5) is 41.3. The number of furan rings is 1. The van der Waals surface area contributed by atoms with Crippen molar-refractivity contribution in [2.45, 2.75) is 6.92 Å². The van der Waals surface area contributed by atoms with E-state index in [-0.39, 0.29) is 5.39 Å². The van der Waals surface area contributed by atoms with Crippen molar-refractivity contribution >= 4 is 44.7 Å². The topological polar surface area (TPSA) is 186 Å². The summed E-state index contributed by atoms with van der Waals surface area (Å²) in [7, 11) is 0. The van der Waals surface area contributed by atoms with Gasteiger partial charge in [-0.3, -0.25) is 40.5 Å². The molecule has 0 saturated carbocycles. The zero-order valence-corrected chi connectivity index (χ0v) is 12.7. The molecule has 3 rings (SSSR count). The Labute approximate surface area is 141 Å². The summed E-state index contributed by atoms with van der Waals surface area (Å²) in [5.74, 6) is 0. The van der Waals surface area contributed by atoms with Gasteiger partial charge in [-0.05, 0) is 13.0 Å². The number of para-hydroxylation sites is 1. The van der Waals surface area contributed by atoms with E-state index in [1.165, 1.54) is 12.1 Å². The molecule has 132 valence electrons. The minimum Gasteiger partial charge on any atom is -0.441 e. The van der Waals surface area contributed by atoms with Crippen molar-refractivity contribution in [3.05, 3.63) is 64.2 Å². The summed E-state index contributed by atoms with van der Waals surface area (Å²) >= 11 is 0. The van der Waals surface area contributed by atoms with Crippen molar-refractivity contribution in [1.82, 2.24) is 0 Å². The summed E-state index contributed by atoms with van der Waals surface area (Å²) in [6.45, 7) is 0.999. The van der Waals surface area contributed by atoms with Gasteiger partial charge in [-0.2, -0.15) is 0 Å². The Kier molecular flexibility index (Phi) is 3.49. The maximum absolute atomic E-state index is 11.5. The molecule has 0 atom stereocenters. The van der Waals surface area contributed by atoms with Crippen LogP contribution in [0.2, 0.25) is 0 Å². The van der Waals surface area contributed by atoms with Crippen LogP contribution in [-0.2, 0) is 0 Å². The maximum atomic E-state index is 11.5. The zero-order chi connectivity index (χ0) is 19.3. The van der Waals surface area contributed by atoms with E-state index in [1.54, 1.807) is 0 Å². The van der Waals surface area contributed by atoms with Gasteiger partial charge in [-0.1, -0.05) is 6.07 Å². The standard InChI is InChI=1S/C13H6N4O9/c1-5-9(15(20)21)8-6-3-2-4-7(14(18)19)12(6)26-13(8)11(17(24)25)10(5)16(22)23/h2-4H,1H3. The van der Waals surface area contributed by atoms with E-state index in [9.17, 15) is 40.5 Å². The first-order valence-electron chi connectivity index (χ1n) is 6.76. The fraction of sp³-hybridized carbons (Fsp3) is 0.0769. The highest BCUT2D eigenvalue weighted by molar-refractivity contribution is 6.16. The highest BCUT2D eigenvalue weighted by Crippen LogP contribution is 2.49. The molecule has 2 aromatic carbocycles. The molecule has 0 aliphatic heterocycles. The van der Waals surface area contributed by atoms with Crippen LogP contribution in [0.15, 0.2) is 22.6 Å². The highest BCUT2D eigenvalue weighted by atomic mass is 16.6. The second-order valence-corrected chi connectivity index (χ2v) is 5.16. The Morgan fingerprint density at radius 3 is 1.85 bits per heavy atom. The van der Waals surface area contributed by atoms with E-state index in [1.807, 2.05) is 0 Å². The number of rotatable bonds is 4.